The first-order valence-electron chi connectivity index (χ1n) is 6.03. The van der Waals surface area contributed by atoms with E-state index in [9.17, 15) is 4.79 Å². The van der Waals surface area contributed by atoms with Crippen LogP contribution in [0.5, 0.6) is 11.5 Å². The van der Waals surface area contributed by atoms with E-state index in [4.69, 9.17) is 14.0 Å². The first kappa shape index (κ1) is 13.9. The molecule has 106 valence electrons. The first-order chi connectivity index (χ1) is 9.56. The molecule has 0 bridgehead atoms. The van der Waals surface area contributed by atoms with Crippen molar-refractivity contribution in [3.8, 4) is 11.5 Å². The summed E-state index contributed by atoms with van der Waals surface area (Å²) < 4.78 is 15.3. The Morgan fingerprint density at radius 3 is 2.55 bits per heavy atom. The number of aromatic nitrogens is 1. The molecular formula is C14H16N2O4. The highest BCUT2D eigenvalue weighted by Gasteiger charge is 2.18. The Balaban J connectivity index is 2.29. The van der Waals surface area contributed by atoms with Crippen molar-refractivity contribution in [3.63, 3.8) is 0 Å². The lowest BCUT2D eigenvalue weighted by molar-refractivity contribution is 0.101. The zero-order valence-electron chi connectivity index (χ0n) is 11.8. The lowest BCUT2D eigenvalue weighted by atomic mass is 10.2. The van der Waals surface area contributed by atoms with E-state index in [1.54, 1.807) is 39.2 Å². The number of nitrogens with zero attached hydrogens (tertiary/aromatic N) is 1. The zero-order chi connectivity index (χ0) is 14.7. The minimum atomic E-state index is -0.356. The van der Waals surface area contributed by atoms with Gasteiger partial charge >= 0.3 is 0 Å². The number of methoxy groups -OCH3 is 2. The molecule has 0 saturated carbocycles. The van der Waals surface area contributed by atoms with Crippen LogP contribution < -0.4 is 14.8 Å². The number of rotatable bonds is 4. The maximum Gasteiger partial charge on any atom is 0.278 e. The van der Waals surface area contributed by atoms with Crippen LogP contribution in [0, 0.1) is 13.8 Å². The first-order valence-corrected chi connectivity index (χ1v) is 6.03. The fraction of sp³-hybridized carbons (Fsp3) is 0.286. The van der Waals surface area contributed by atoms with Crippen LogP contribution in [-0.2, 0) is 0 Å². The summed E-state index contributed by atoms with van der Waals surface area (Å²) >= 11 is 0. The molecule has 0 saturated heterocycles. The number of carbonyl (C=O) groups excluding carboxylic acids is 1. The number of anilines is 1. The highest BCUT2D eigenvalue weighted by atomic mass is 16.5. The third-order valence-electron chi connectivity index (χ3n) is 3.03. The molecule has 0 aliphatic heterocycles. The van der Waals surface area contributed by atoms with Crippen molar-refractivity contribution in [1.29, 1.82) is 0 Å². The van der Waals surface area contributed by atoms with Gasteiger partial charge in [-0.05, 0) is 26.0 Å². The quantitative estimate of drug-likeness (QED) is 0.929. The summed E-state index contributed by atoms with van der Waals surface area (Å²) in [5, 5.41) is 6.49. The van der Waals surface area contributed by atoms with Gasteiger partial charge in [-0.15, -0.1) is 0 Å². The Kier molecular flexibility index (Phi) is 3.93. The van der Waals surface area contributed by atoms with Crippen LogP contribution in [0.4, 0.5) is 5.69 Å². The molecule has 20 heavy (non-hydrogen) atoms. The van der Waals surface area contributed by atoms with Crippen molar-refractivity contribution < 1.29 is 18.8 Å². The molecule has 0 spiro atoms. The molecule has 1 aromatic heterocycles. The van der Waals surface area contributed by atoms with Gasteiger partial charge in [-0.3, -0.25) is 4.79 Å². The van der Waals surface area contributed by atoms with Gasteiger partial charge < -0.3 is 19.3 Å². The molecular weight excluding hydrogens is 260 g/mol. The summed E-state index contributed by atoms with van der Waals surface area (Å²) in [6, 6.07) is 5.15. The van der Waals surface area contributed by atoms with Gasteiger partial charge in [0, 0.05) is 11.6 Å². The van der Waals surface area contributed by atoms with Crippen LogP contribution >= 0.6 is 0 Å². The summed E-state index contributed by atoms with van der Waals surface area (Å²) in [5.74, 6) is 1.42. The van der Waals surface area contributed by atoms with Crippen LogP contribution in [-0.4, -0.2) is 25.3 Å². The molecule has 0 aliphatic carbocycles. The highest BCUT2D eigenvalue weighted by Crippen LogP contribution is 2.29. The van der Waals surface area contributed by atoms with E-state index in [1.165, 1.54) is 7.11 Å². The molecule has 0 radical (unpaired) electrons. The molecule has 1 N–H and O–H groups in total. The average molecular weight is 276 g/mol. The van der Waals surface area contributed by atoms with Crippen molar-refractivity contribution in [3.05, 3.63) is 35.2 Å². The van der Waals surface area contributed by atoms with Crippen molar-refractivity contribution in [1.82, 2.24) is 5.16 Å². The van der Waals surface area contributed by atoms with E-state index in [-0.39, 0.29) is 11.6 Å². The smallest absolute Gasteiger partial charge is 0.278 e. The second-order valence-electron chi connectivity index (χ2n) is 4.23. The highest BCUT2D eigenvalue weighted by molar-refractivity contribution is 6.04. The molecule has 6 nitrogen and oxygen atoms in total. The summed E-state index contributed by atoms with van der Waals surface area (Å²) in [7, 11) is 3.08. The van der Waals surface area contributed by atoms with Gasteiger partial charge in [-0.2, -0.15) is 0 Å². The van der Waals surface area contributed by atoms with Gasteiger partial charge in [-0.1, -0.05) is 5.16 Å². The fourth-order valence-electron chi connectivity index (χ4n) is 1.72. The molecule has 0 fully saturated rings. The maximum absolute atomic E-state index is 12.2. The maximum atomic E-state index is 12.2. The predicted molar refractivity (Wildman–Crippen MR) is 73.5 cm³/mol. The van der Waals surface area contributed by atoms with Crippen LogP contribution in [0.15, 0.2) is 22.7 Å². The van der Waals surface area contributed by atoms with Gasteiger partial charge in [0.15, 0.2) is 5.69 Å². The molecule has 2 aromatic rings. The van der Waals surface area contributed by atoms with Gasteiger partial charge in [0.25, 0.3) is 5.91 Å². The fourth-order valence-corrected chi connectivity index (χ4v) is 1.72. The SMILES string of the molecule is COc1ccc(OC)c(NC(=O)c2noc(C)c2C)c1. The van der Waals surface area contributed by atoms with Crippen LogP contribution in [0.2, 0.25) is 0 Å². The average Bonchev–Trinajstić information content (AvgIpc) is 2.79. The third kappa shape index (κ3) is 2.59. The van der Waals surface area contributed by atoms with Crippen molar-refractivity contribution in [2.45, 2.75) is 13.8 Å². The van der Waals surface area contributed by atoms with Gasteiger partial charge in [0.2, 0.25) is 0 Å². The van der Waals surface area contributed by atoms with Gasteiger partial charge in [-0.25, -0.2) is 0 Å². The van der Waals surface area contributed by atoms with Gasteiger partial charge in [0.1, 0.15) is 17.3 Å². The molecule has 0 atom stereocenters. The summed E-state index contributed by atoms with van der Waals surface area (Å²) in [5.41, 5.74) is 1.48. The lowest BCUT2D eigenvalue weighted by Gasteiger charge is -2.11. The number of aryl methyl sites for hydroxylation is 1. The normalized spacial score (nSPS) is 10.2. The minimum Gasteiger partial charge on any atom is -0.497 e. The summed E-state index contributed by atoms with van der Waals surface area (Å²) in [4.78, 5) is 12.2. The molecule has 1 amide bonds. The predicted octanol–water partition coefficient (Wildman–Crippen LogP) is 2.56. The van der Waals surface area contributed by atoms with Crippen LogP contribution in [0.3, 0.4) is 0 Å². The number of carbonyl (C=O) groups is 1. The second-order valence-corrected chi connectivity index (χ2v) is 4.23. The van der Waals surface area contributed by atoms with E-state index in [2.05, 4.69) is 10.5 Å². The van der Waals surface area contributed by atoms with Crippen molar-refractivity contribution in [2.24, 2.45) is 0 Å². The lowest BCUT2D eigenvalue weighted by Crippen LogP contribution is -2.14. The molecule has 6 heteroatoms. The number of hydrogen-bond donors (Lipinski definition) is 1. The van der Waals surface area contributed by atoms with Crippen LogP contribution in [0.1, 0.15) is 21.8 Å². The van der Waals surface area contributed by atoms with Crippen LogP contribution in [0.25, 0.3) is 0 Å². The molecule has 2 rings (SSSR count). The Bertz CT molecular complexity index is 634. The monoisotopic (exact) mass is 276 g/mol. The van der Waals surface area contributed by atoms with Crippen molar-refractivity contribution in [2.75, 3.05) is 19.5 Å². The standard InChI is InChI=1S/C14H16N2O4/c1-8-9(2)20-16-13(8)14(17)15-11-7-10(18-3)5-6-12(11)19-4/h5-7H,1-4H3,(H,15,17). The number of hydrogen-bond acceptors (Lipinski definition) is 5. The number of ether oxygens (including phenoxy) is 2. The second kappa shape index (κ2) is 5.64. The Labute approximate surface area is 116 Å². The number of nitrogens with one attached hydrogen (secondary N) is 1. The van der Waals surface area contributed by atoms with E-state index < -0.39 is 0 Å². The van der Waals surface area contributed by atoms with E-state index in [0.717, 1.165) is 0 Å². The van der Waals surface area contributed by atoms with Crippen molar-refractivity contribution >= 4 is 11.6 Å². The number of benzene rings is 1. The Morgan fingerprint density at radius 1 is 1.25 bits per heavy atom. The van der Waals surface area contributed by atoms with E-state index in [0.29, 0.717) is 28.5 Å². The summed E-state index contributed by atoms with van der Waals surface area (Å²) in [6.07, 6.45) is 0. The Hall–Kier alpha value is -2.50. The largest absolute Gasteiger partial charge is 0.497 e. The summed E-state index contributed by atoms with van der Waals surface area (Å²) in [6.45, 7) is 3.54. The molecule has 1 heterocycles. The van der Waals surface area contributed by atoms with E-state index >= 15 is 0 Å². The minimum absolute atomic E-state index is 0.257. The topological polar surface area (TPSA) is 73.6 Å². The van der Waals surface area contributed by atoms with Gasteiger partial charge in [0.05, 0.1) is 19.9 Å². The molecule has 1 aromatic carbocycles. The molecule has 0 aliphatic rings. The zero-order valence-corrected chi connectivity index (χ0v) is 11.8. The van der Waals surface area contributed by atoms with E-state index in [1.807, 2.05) is 0 Å². The Morgan fingerprint density at radius 2 is 2.00 bits per heavy atom. The molecule has 0 unspecified atom stereocenters. The number of amides is 1. The third-order valence-corrected chi connectivity index (χ3v) is 3.03.